The van der Waals surface area contributed by atoms with E-state index in [4.69, 9.17) is 0 Å². The molecule has 1 aromatic heterocycles. The fourth-order valence-electron chi connectivity index (χ4n) is 4.85. The molecule has 0 atom stereocenters. The van der Waals surface area contributed by atoms with E-state index in [0.717, 1.165) is 22.4 Å². The summed E-state index contributed by atoms with van der Waals surface area (Å²) in [6, 6.07) is 32.3. The number of Topliss-reactive ketones (excluding diaryl/α,β-unsaturated/α-hetero) is 1. The molecule has 206 valence electrons. The van der Waals surface area contributed by atoms with Gasteiger partial charge >= 0.3 is 0 Å². The molecule has 2 amide bonds. The maximum Gasteiger partial charge on any atom is 0.272 e. The summed E-state index contributed by atoms with van der Waals surface area (Å²) in [7, 11) is 0. The van der Waals surface area contributed by atoms with Crippen molar-refractivity contribution in [2.75, 3.05) is 11.1 Å². The SMILES string of the molecule is O=C(Nc1ccc(SCC(=O)c2ccc3c(c2)Cc2ccccc2-3)cc1)/C(=C/c1ccsc1)NC(=O)c1ccccc1. The van der Waals surface area contributed by atoms with Gasteiger partial charge in [-0.3, -0.25) is 14.4 Å². The molecule has 0 bridgehead atoms. The molecule has 1 aliphatic rings. The summed E-state index contributed by atoms with van der Waals surface area (Å²) in [5.74, 6) is -0.402. The van der Waals surface area contributed by atoms with Gasteiger partial charge < -0.3 is 10.6 Å². The van der Waals surface area contributed by atoms with Gasteiger partial charge in [0.05, 0.1) is 5.75 Å². The summed E-state index contributed by atoms with van der Waals surface area (Å²) >= 11 is 2.96. The van der Waals surface area contributed by atoms with Gasteiger partial charge in [0.25, 0.3) is 11.8 Å². The van der Waals surface area contributed by atoms with E-state index in [0.29, 0.717) is 17.0 Å². The maximum absolute atomic E-state index is 13.2. The summed E-state index contributed by atoms with van der Waals surface area (Å²) in [6.07, 6.45) is 2.51. The first-order chi connectivity index (χ1) is 20.5. The van der Waals surface area contributed by atoms with Crippen LogP contribution < -0.4 is 10.6 Å². The Labute approximate surface area is 252 Å². The molecule has 1 aliphatic carbocycles. The summed E-state index contributed by atoms with van der Waals surface area (Å²) in [5.41, 5.74) is 7.68. The van der Waals surface area contributed by atoms with Crippen LogP contribution in [-0.4, -0.2) is 23.4 Å². The van der Waals surface area contributed by atoms with Crippen LogP contribution in [0.25, 0.3) is 17.2 Å². The predicted octanol–water partition coefficient (Wildman–Crippen LogP) is 7.70. The van der Waals surface area contributed by atoms with Gasteiger partial charge in [-0.15, -0.1) is 11.8 Å². The van der Waals surface area contributed by atoms with Crippen LogP contribution in [0.15, 0.2) is 124 Å². The molecule has 7 heteroatoms. The lowest BCUT2D eigenvalue weighted by atomic mass is 10.0. The quantitative estimate of drug-likeness (QED) is 0.103. The van der Waals surface area contributed by atoms with E-state index in [-0.39, 0.29) is 17.4 Å². The Morgan fingerprint density at radius 3 is 2.33 bits per heavy atom. The third-order valence-corrected chi connectivity index (χ3v) is 8.69. The van der Waals surface area contributed by atoms with E-state index in [1.54, 1.807) is 42.5 Å². The van der Waals surface area contributed by atoms with Crippen molar-refractivity contribution in [1.82, 2.24) is 5.32 Å². The van der Waals surface area contributed by atoms with Gasteiger partial charge in [-0.05, 0) is 99.6 Å². The van der Waals surface area contributed by atoms with E-state index in [9.17, 15) is 14.4 Å². The molecule has 5 aromatic rings. The molecule has 1 heterocycles. The minimum absolute atomic E-state index is 0.0773. The summed E-state index contributed by atoms with van der Waals surface area (Å²) < 4.78 is 0. The molecular formula is C35H26N2O3S2. The Hall–Kier alpha value is -4.72. The zero-order chi connectivity index (χ0) is 28.9. The van der Waals surface area contributed by atoms with Gasteiger partial charge in [0, 0.05) is 21.7 Å². The van der Waals surface area contributed by atoms with Crippen molar-refractivity contribution in [3.63, 3.8) is 0 Å². The number of thiophene rings is 1. The Morgan fingerprint density at radius 1 is 0.786 bits per heavy atom. The highest BCUT2D eigenvalue weighted by Crippen LogP contribution is 2.37. The van der Waals surface area contributed by atoms with Crippen molar-refractivity contribution >= 4 is 52.5 Å². The Bertz CT molecular complexity index is 1790. The van der Waals surface area contributed by atoms with Crippen LogP contribution in [0.5, 0.6) is 0 Å². The van der Waals surface area contributed by atoms with Gasteiger partial charge in [0.1, 0.15) is 5.70 Å². The highest BCUT2D eigenvalue weighted by Gasteiger charge is 2.20. The van der Waals surface area contributed by atoms with Crippen LogP contribution in [0, 0.1) is 0 Å². The van der Waals surface area contributed by atoms with E-state index in [1.807, 2.05) is 53.2 Å². The molecule has 0 unspecified atom stereocenters. The van der Waals surface area contributed by atoms with Crippen LogP contribution in [0.1, 0.15) is 37.4 Å². The number of amides is 2. The zero-order valence-electron chi connectivity index (χ0n) is 22.5. The normalized spacial score (nSPS) is 11.9. The van der Waals surface area contributed by atoms with Gasteiger partial charge in [0.15, 0.2) is 5.78 Å². The van der Waals surface area contributed by atoms with Gasteiger partial charge in [-0.1, -0.05) is 54.6 Å². The monoisotopic (exact) mass is 586 g/mol. The lowest BCUT2D eigenvalue weighted by molar-refractivity contribution is -0.113. The molecule has 5 nitrogen and oxygen atoms in total. The Balaban J connectivity index is 1.08. The zero-order valence-corrected chi connectivity index (χ0v) is 24.1. The summed E-state index contributed by atoms with van der Waals surface area (Å²) in [6.45, 7) is 0. The number of rotatable bonds is 9. The molecule has 0 fully saturated rings. The highest BCUT2D eigenvalue weighted by molar-refractivity contribution is 8.00. The first-order valence-electron chi connectivity index (χ1n) is 13.4. The second-order valence-electron chi connectivity index (χ2n) is 9.83. The molecule has 0 saturated carbocycles. The first-order valence-corrected chi connectivity index (χ1v) is 15.4. The van der Waals surface area contributed by atoms with Crippen LogP contribution in [0.2, 0.25) is 0 Å². The third-order valence-electron chi connectivity index (χ3n) is 6.98. The minimum atomic E-state index is -0.431. The molecule has 42 heavy (non-hydrogen) atoms. The fraction of sp³-hybridized carbons (Fsp3) is 0.0571. The van der Waals surface area contributed by atoms with Crippen molar-refractivity contribution in [3.8, 4) is 11.1 Å². The Morgan fingerprint density at radius 2 is 1.55 bits per heavy atom. The maximum atomic E-state index is 13.2. The average Bonchev–Trinajstić information content (AvgIpc) is 3.68. The number of hydrogen-bond donors (Lipinski definition) is 2. The van der Waals surface area contributed by atoms with Crippen LogP contribution in [0.4, 0.5) is 5.69 Å². The molecule has 0 spiro atoms. The van der Waals surface area contributed by atoms with Crippen LogP contribution >= 0.6 is 23.1 Å². The van der Waals surface area contributed by atoms with Gasteiger partial charge in [-0.2, -0.15) is 11.3 Å². The molecule has 0 radical (unpaired) electrons. The predicted molar refractivity (Wildman–Crippen MR) is 171 cm³/mol. The minimum Gasteiger partial charge on any atom is -0.321 e. The molecule has 0 aliphatic heterocycles. The second kappa shape index (κ2) is 12.4. The van der Waals surface area contributed by atoms with Crippen molar-refractivity contribution in [2.24, 2.45) is 0 Å². The van der Waals surface area contributed by atoms with Crippen LogP contribution in [0.3, 0.4) is 0 Å². The fourth-order valence-corrected chi connectivity index (χ4v) is 6.26. The lowest BCUT2D eigenvalue weighted by Crippen LogP contribution is -2.30. The third kappa shape index (κ3) is 6.28. The van der Waals surface area contributed by atoms with Crippen molar-refractivity contribution in [2.45, 2.75) is 11.3 Å². The second-order valence-corrected chi connectivity index (χ2v) is 11.7. The largest absolute Gasteiger partial charge is 0.321 e. The van der Waals surface area contributed by atoms with Crippen molar-refractivity contribution < 1.29 is 14.4 Å². The van der Waals surface area contributed by atoms with Gasteiger partial charge in [0.2, 0.25) is 0 Å². The van der Waals surface area contributed by atoms with E-state index < -0.39 is 5.91 Å². The molecule has 0 saturated heterocycles. The van der Waals surface area contributed by atoms with Gasteiger partial charge in [-0.25, -0.2) is 0 Å². The number of fused-ring (bicyclic) bond motifs is 3. The standard InChI is InChI=1S/C35H26N2O3S2/c38-33(26-10-15-31-27(20-26)19-25-8-4-5-9-30(25)31)22-42-29-13-11-28(12-14-29)36-35(40)32(18-23-16-17-41-21-23)37-34(39)24-6-2-1-3-7-24/h1-18,20-21H,19,22H2,(H,36,40)(H,37,39)/b32-18-. The topological polar surface area (TPSA) is 75.3 Å². The summed E-state index contributed by atoms with van der Waals surface area (Å²) in [4.78, 5) is 39.8. The number of ketones is 1. The summed E-state index contributed by atoms with van der Waals surface area (Å²) in [5, 5.41) is 9.42. The molecular weight excluding hydrogens is 561 g/mol. The lowest BCUT2D eigenvalue weighted by Gasteiger charge is -2.11. The van der Waals surface area contributed by atoms with Crippen molar-refractivity contribution in [1.29, 1.82) is 0 Å². The smallest absolute Gasteiger partial charge is 0.272 e. The molecule has 2 N–H and O–H groups in total. The van der Waals surface area contributed by atoms with Crippen molar-refractivity contribution in [3.05, 3.63) is 147 Å². The van der Waals surface area contributed by atoms with E-state index >= 15 is 0 Å². The number of nitrogens with one attached hydrogen (secondary N) is 2. The number of hydrogen-bond acceptors (Lipinski definition) is 5. The average molecular weight is 587 g/mol. The van der Waals surface area contributed by atoms with E-state index in [1.165, 1.54) is 45.4 Å². The number of benzene rings is 4. The number of anilines is 1. The van der Waals surface area contributed by atoms with Crippen LogP contribution in [-0.2, 0) is 11.2 Å². The van der Waals surface area contributed by atoms with E-state index in [2.05, 4.69) is 34.9 Å². The first kappa shape index (κ1) is 27.4. The highest BCUT2D eigenvalue weighted by atomic mass is 32.2. The number of carbonyl (C=O) groups is 3. The number of thioether (sulfide) groups is 1. The number of carbonyl (C=O) groups excluding carboxylic acids is 3. The molecule has 6 rings (SSSR count). The Kier molecular flexibility index (Phi) is 8.12. The molecule has 4 aromatic carbocycles.